The van der Waals surface area contributed by atoms with Crippen molar-refractivity contribution in [2.75, 3.05) is 0 Å². The molecule has 0 aliphatic heterocycles. The first kappa shape index (κ1) is 13.3. The Morgan fingerprint density at radius 3 is 1.64 bits per heavy atom. The van der Waals surface area contributed by atoms with Crippen LogP contribution in [-0.4, -0.2) is 24.7 Å². The van der Waals surface area contributed by atoms with E-state index in [0.717, 1.165) is 0 Å². The summed E-state index contributed by atoms with van der Waals surface area (Å²) in [5, 5.41) is 2.07. The summed E-state index contributed by atoms with van der Waals surface area (Å²) in [7, 11) is -6.33. The fraction of sp³-hybridized carbons (Fsp3) is 0.500. The van der Waals surface area contributed by atoms with Gasteiger partial charge >= 0.3 is 21.4 Å². The van der Waals surface area contributed by atoms with Gasteiger partial charge in [-0.25, -0.2) is 4.79 Å². The van der Waals surface area contributed by atoms with E-state index in [9.17, 15) is 25.9 Å². The van der Waals surface area contributed by atoms with E-state index in [0.29, 0.717) is 0 Å². The van der Waals surface area contributed by atoms with Crippen LogP contribution in [0.15, 0.2) is 0 Å². The zero-order valence-corrected chi connectivity index (χ0v) is 6.71. The molecule has 0 atom stereocenters. The number of carbonyl (C=O) groups is 1. The Labute approximate surface area is 70.4 Å². The Morgan fingerprint density at radius 1 is 1.36 bits per heavy atom. The van der Waals surface area contributed by atoms with Crippen LogP contribution in [0.25, 0.3) is 0 Å². The van der Waals surface area contributed by atoms with Crippen LogP contribution in [0.3, 0.4) is 0 Å². The molecule has 0 radical (unpaired) electrons. The van der Waals surface area contributed by atoms with E-state index in [4.69, 9.17) is 5.11 Å². The zero-order chi connectivity index (χ0) is 8.58. The van der Waals surface area contributed by atoms with E-state index in [-0.39, 0.29) is 17.4 Å². The zero-order valence-electron chi connectivity index (χ0n) is 4.62. The monoisotopic (exact) mass is 230 g/mol. The van der Waals surface area contributed by atoms with Crippen molar-refractivity contribution in [1.82, 2.24) is 0 Å². The van der Waals surface area contributed by atoms with Crippen LogP contribution in [0.1, 0.15) is 0 Å². The maximum absolute atomic E-state index is 11.5. The fourth-order valence-corrected chi connectivity index (χ4v) is 0.313. The van der Waals surface area contributed by atoms with Gasteiger partial charge in [-0.15, -0.1) is 0 Å². The summed E-state index contributed by atoms with van der Waals surface area (Å²) in [6.07, 6.45) is 0. The number of hydrogen-bond donors (Lipinski definition) is 1. The van der Waals surface area contributed by atoms with Crippen molar-refractivity contribution in [2.45, 2.75) is 5.25 Å². The second-order valence-corrected chi connectivity index (χ2v) is 2.65. The van der Waals surface area contributed by atoms with Crippen LogP contribution < -0.4 is 0 Å². The largest absolute Gasteiger partial charge is 0.476 e. The number of carboxylic acid groups (broad SMARTS) is 1. The predicted molar refractivity (Wildman–Crippen MR) is 22.6 cm³/mol. The van der Waals surface area contributed by atoms with Gasteiger partial charge in [0.05, 0.1) is 0 Å². The molecule has 0 saturated carbocycles. The molecular weight excluding hydrogens is 229 g/mol. The molecule has 0 spiro atoms. The van der Waals surface area contributed by atoms with Gasteiger partial charge in [-0.1, -0.05) is 3.89 Å². The number of aliphatic carboxylic acids is 1. The molecular formula is C2HCrF3O4S. The van der Waals surface area contributed by atoms with E-state index in [1.165, 1.54) is 0 Å². The van der Waals surface area contributed by atoms with Gasteiger partial charge in [-0.2, -0.15) is 17.2 Å². The van der Waals surface area contributed by atoms with E-state index >= 15 is 0 Å². The molecule has 66 valence electrons. The van der Waals surface area contributed by atoms with Crippen LogP contribution in [0.4, 0.5) is 12.7 Å². The van der Waals surface area contributed by atoms with Gasteiger partial charge < -0.3 is 5.11 Å². The van der Waals surface area contributed by atoms with Crippen molar-refractivity contribution in [3.05, 3.63) is 0 Å². The molecule has 0 aliphatic rings. The number of rotatable bonds is 2. The predicted octanol–water partition coefficient (Wildman–Crippen LogP) is -0.0394. The van der Waals surface area contributed by atoms with E-state index in [1.54, 1.807) is 0 Å². The molecule has 0 bridgehead atoms. The van der Waals surface area contributed by atoms with Crippen LogP contribution in [0, 0.1) is 0 Å². The standard InChI is InChI=1S/C2HF3O4S.Cr/c3-2(4,1(6)7)10(5,8)9;/h(H,6,7);. The minimum absolute atomic E-state index is 0. The molecule has 0 aromatic carbocycles. The van der Waals surface area contributed by atoms with Crippen LogP contribution in [-0.2, 0) is 32.4 Å². The van der Waals surface area contributed by atoms with Gasteiger partial charge in [-0.3, -0.25) is 0 Å². The molecule has 0 heterocycles. The molecule has 0 amide bonds. The third kappa shape index (κ3) is 2.69. The molecule has 11 heavy (non-hydrogen) atoms. The minimum Gasteiger partial charge on any atom is -0.476 e. The first-order chi connectivity index (χ1) is 4.19. The van der Waals surface area contributed by atoms with Gasteiger partial charge in [0, 0.05) is 17.4 Å². The fourth-order valence-electron chi connectivity index (χ4n) is 0.104. The number of alkyl halides is 2. The summed E-state index contributed by atoms with van der Waals surface area (Å²) in [6, 6.07) is 0. The number of halogens is 3. The number of carboxylic acids is 1. The smallest absolute Gasteiger partial charge is 0.470 e. The van der Waals surface area contributed by atoms with Crippen LogP contribution in [0.5, 0.6) is 0 Å². The first-order valence-corrected chi connectivity index (χ1v) is 3.13. The van der Waals surface area contributed by atoms with Gasteiger partial charge in [-0.05, 0) is 0 Å². The average molecular weight is 230 g/mol. The maximum atomic E-state index is 11.5. The van der Waals surface area contributed by atoms with Gasteiger partial charge in [0.15, 0.2) is 0 Å². The second kappa shape index (κ2) is 3.43. The quantitative estimate of drug-likeness (QED) is 0.675. The van der Waals surface area contributed by atoms with E-state index < -0.39 is 21.4 Å². The molecule has 9 heteroatoms. The van der Waals surface area contributed by atoms with Crippen LogP contribution in [0.2, 0.25) is 0 Å². The van der Waals surface area contributed by atoms with Crippen molar-refractivity contribution < 1.29 is 48.3 Å². The molecule has 0 rings (SSSR count). The summed E-state index contributed by atoms with van der Waals surface area (Å²) >= 11 is 0. The normalized spacial score (nSPS) is 11.9. The Morgan fingerprint density at radius 2 is 1.64 bits per heavy atom. The summed E-state index contributed by atoms with van der Waals surface area (Å²) in [5.41, 5.74) is 0. The molecule has 0 aromatic rings. The third-order valence-corrected chi connectivity index (χ3v) is 1.34. The van der Waals surface area contributed by atoms with Gasteiger partial charge in [0.2, 0.25) is 0 Å². The number of hydrogen-bond acceptors (Lipinski definition) is 3. The Bertz CT molecular complexity index is 246. The maximum Gasteiger partial charge on any atom is 0.470 e. The van der Waals surface area contributed by atoms with Crippen molar-refractivity contribution in [3.8, 4) is 0 Å². The van der Waals surface area contributed by atoms with E-state index in [1.807, 2.05) is 0 Å². The van der Waals surface area contributed by atoms with Gasteiger partial charge in [0.25, 0.3) is 0 Å². The van der Waals surface area contributed by atoms with Crippen molar-refractivity contribution in [1.29, 1.82) is 0 Å². The molecule has 1 N–H and O–H groups in total. The first-order valence-electron chi connectivity index (χ1n) is 1.75. The van der Waals surface area contributed by atoms with E-state index in [2.05, 4.69) is 0 Å². The topological polar surface area (TPSA) is 71.4 Å². The summed E-state index contributed by atoms with van der Waals surface area (Å²) in [5.74, 6) is -3.03. The summed E-state index contributed by atoms with van der Waals surface area (Å²) in [6.45, 7) is 0. The van der Waals surface area contributed by atoms with Crippen LogP contribution >= 0.6 is 0 Å². The second-order valence-electron chi connectivity index (χ2n) is 1.26. The average Bonchev–Trinajstić information content (AvgIpc) is 1.62. The Kier molecular flexibility index (Phi) is 4.16. The molecule has 0 aromatic heterocycles. The third-order valence-electron chi connectivity index (χ3n) is 0.555. The Hall–Kier alpha value is -0.258. The summed E-state index contributed by atoms with van der Waals surface area (Å²) in [4.78, 5) is 9.30. The SMILES string of the molecule is O=C(O)C(F)(F)S(=O)(=O)F.[Cr]. The molecule has 0 aliphatic carbocycles. The molecule has 4 nitrogen and oxygen atoms in total. The van der Waals surface area contributed by atoms with Crippen molar-refractivity contribution in [3.63, 3.8) is 0 Å². The Balaban J connectivity index is 0. The summed E-state index contributed by atoms with van der Waals surface area (Å²) < 4.78 is 52.8. The van der Waals surface area contributed by atoms with Gasteiger partial charge in [0.1, 0.15) is 0 Å². The molecule has 0 saturated heterocycles. The van der Waals surface area contributed by atoms with Crippen molar-refractivity contribution in [2.24, 2.45) is 0 Å². The molecule has 0 unspecified atom stereocenters. The molecule has 0 fully saturated rings. The van der Waals surface area contributed by atoms with Crippen molar-refractivity contribution >= 4 is 16.2 Å². The minimum atomic E-state index is -6.33.